The van der Waals surface area contributed by atoms with E-state index in [9.17, 15) is 19.2 Å². The number of hydrogen-bond acceptors (Lipinski definition) is 8. The van der Waals surface area contributed by atoms with Crippen LogP contribution in [-0.2, 0) is 20.9 Å². The minimum absolute atomic E-state index is 0.0383. The van der Waals surface area contributed by atoms with Gasteiger partial charge in [-0.05, 0) is 55.2 Å². The van der Waals surface area contributed by atoms with Crippen molar-refractivity contribution in [1.82, 2.24) is 34.9 Å². The monoisotopic (exact) mass is 593 g/mol. The van der Waals surface area contributed by atoms with Crippen molar-refractivity contribution in [3.8, 4) is 17.0 Å². The quantitative estimate of drug-likeness (QED) is 0.323. The van der Waals surface area contributed by atoms with Crippen molar-refractivity contribution >= 4 is 34.7 Å². The molecule has 1 N–H and O–H groups in total. The van der Waals surface area contributed by atoms with Gasteiger partial charge >= 0.3 is 0 Å². The number of nitrogens with one attached hydrogen (secondary N) is 1. The summed E-state index contributed by atoms with van der Waals surface area (Å²) in [7, 11) is 0. The minimum atomic E-state index is -0.659. The number of carbonyl (C=O) groups excluding carboxylic acids is 4. The average Bonchev–Trinajstić information content (AvgIpc) is 3.66. The lowest BCUT2D eigenvalue weighted by atomic mass is 10.0. The number of hydrogen-bond donors (Lipinski definition) is 1. The molecule has 3 aliphatic heterocycles. The fraction of sp³-hybridized carbons (Fsp3) is 0.344. The lowest BCUT2D eigenvalue weighted by Gasteiger charge is -2.32. The number of carbonyl (C=O) groups is 4. The van der Waals surface area contributed by atoms with Gasteiger partial charge in [-0.15, -0.1) is 0 Å². The molecule has 2 saturated heterocycles. The number of ether oxygens (including phenoxy) is 1. The molecule has 0 saturated carbocycles. The Bertz CT molecular complexity index is 1780. The summed E-state index contributed by atoms with van der Waals surface area (Å²) in [6.45, 7) is 1.79. The molecular formula is C32H31N7O5. The van der Waals surface area contributed by atoms with E-state index in [1.54, 1.807) is 24.4 Å². The van der Waals surface area contributed by atoms with Crippen LogP contribution in [0, 0.1) is 0 Å². The summed E-state index contributed by atoms with van der Waals surface area (Å²) in [6.07, 6.45) is 7.97. The number of aromatic nitrogens is 4. The summed E-state index contributed by atoms with van der Waals surface area (Å²) in [5.74, 6) is -0.375. The van der Waals surface area contributed by atoms with Gasteiger partial charge in [0.15, 0.2) is 0 Å². The number of benzene rings is 2. The van der Waals surface area contributed by atoms with Crippen LogP contribution in [-0.4, -0.2) is 78.9 Å². The minimum Gasteiger partial charge on any atom is -0.493 e. The first-order valence-corrected chi connectivity index (χ1v) is 14.9. The van der Waals surface area contributed by atoms with E-state index in [2.05, 4.69) is 15.4 Å². The lowest BCUT2D eigenvalue weighted by molar-refractivity contribution is -0.137. The Hall–Kier alpha value is -5.13. The first-order chi connectivity index (χ1) is 21.4. The summed E-state index contributed by atoms with van der Waals surface area (Å²) in [5.41, 5.74) is 4.68. The molecule has 12 nitrogen and oxygen atoms in total. The molecule has 4 aromatic rings. The van der Waals surface area contributed by atoms with E-state index in [0.29, 0.717) is 30.8 Å². The van der Waals surface area contributed by atoms with Crippen LogP contribution in [0.3, 0.4) is 0 Å². The van der Waals surface area contributed by atoms with Gasteiger partial charge in [0.25, 0.3) is 5.91 Å². The Kier molecular flexibility index (Phi) is 7.24. The van der Waals surface area contributed by atoms with Gasteiger partial charge in [-0.25, -0.2) is 4.98 Å². The number of imide groups is 1. The number of rotatable bonds is 7. The predicted molar refractivity (Wildman–Crippen MR) is 158 cm³/mol. The van der Waals surface area contributed by atoms with Gasteiger partial charge in [0, 0.05) is 43.4 Å². The standard InChI is InChI=1S/C32H31N7O5/c40-29-8-7-28(31(42)36-29)38-18-20-15-23(5-6-24(20)32(38)43)44-14-11-30(41)37-12-9-22(10-13-37)39-19-21(16-34-39)27-17-33-25-3-1-2-4-26(25)35-27/h1-6,15-17,19,22,28H,7-14,18H2,(H,36,40,42). The molecule has 2 aromatic heterocycles. The highest BCUT2D eigenvalue weighted by Crippen LogP contribution is 2.30. The second-order valence-corrected chi connectivity index (χ2v) is 11.4. The van der Waals surface area contributed by atoms with Gasteiger partial charge < -0.3 is 14.5 Å². The van der Waals surface area contributed by atoms with Crippen molar-refractivity contribution in [2.24, 2.45) is 0 Å². The summed E-state index contributed by atoms with van der Waals surface area (Å²) in [6, 6.07) is 12.5. The van der Waals surface area contributed by atoms with E-state index in [4.69, 9.17) is 9.72 Å². The van der Waals surface area contributed by atoms with Crippen LogP contribution in [0.5, 0.6) is 5.75 Å². The summed E-state index contributed by atoms with van der Waals surface area (Å²) in [5, 5.41) is 6.90. The van der Waals surface area contributed by atoms with Crippen molar-refractivity contribution in [2.75, 3.05) is 19.7 Å². The van der Waals surface area contributed by atoms with Crippen LogP contribution in [0.2, 0.25) is 0 Å². The number of likely N-dealkylation sites (tertiary alicyclic amines) is 1. The molecule has 1 atom stereocenters. The molecule has 0 aliphatic carbocycles. The molecular weight excluding hydrogens is 562 g/mol. The van der Waals surface area contributed by atoms with Crippen LogP contribution < -0.4 is 10.1 Å². The SMILES string of the molecule is O=C1CCC(N2Cc3cc(OCCC(=O)N4CCC(n5cc(-c6cnc7ccccc7n6)cn5)CC4)ccc3C2=O)C(=O)N1. The highest BCUT2D eigenvalue weighted by Gasteiger charge is 2.39. The maximum absolute atomic E-state index is 12.9. The van der Waals surface area contributed by atoms with Crippen LogP contribution in [0.1, 0.15) is 54.1 Å². The van der Waals surface area contributed by atoms with E-state index in [-0.39, 0.29) is 49.8 Å². The maximum Gasteiger partial charge on any atom is 0.255 e. The highest BCUT2D eigenvalue weighted by atomic mass is 16.5. The average molecular weight is 594 g/mol. The number of para-hydroxylation sites is 2. The van der Waals surface area contributed by atoms with Crippen molar-refractivity contribution in [3.63, 3.8) is 0 Å². The van der Waals surface area contributed by atoms with Gasteiger partial charge in [0.05, 0.1) is 48.2 Å². The van der Waals surface area contributed by atoms with E-state index >= 15 is 0 Å². The zero-order valence-corrected chi connectivity index (χ0v) is 24.0. The first kappa shape index (κ1) is 27.7. The first-order valence-electron chi connectivity index (χ1n) is 14.9. The smallest absolute Gasteiger partial charge is 0.255 e. The summed E-state index contributed by atoms with van der Waals surface area (Å²) >= 11 is 0. The molecule has 3 aliphatic rings. The van der Waals surface area contributed by atoms with Gasteiger partial charge in [0.2, 0.25) is 17.7 Å². The molecule has 4 amide bonds. The number of amides is 4. The zero-order valence-electron chi connectivity index (χ0n) is 24.0. The molecule has 44 heavy (non-hydrogen) atoms. The molecule has 5 heterocycles. The van der Waals surface area contributed by atoms with Gasteiger partial charge in [0.1, 0.15) is 11.8 Å². The fourth-order valence-electron chi connectivity index (χ4n) is 6.20. The maximum atomic E-state index is 12.9. The van der Waals surface area contributed by atoms with Crippen molar-refractivity contribution in [1.29, 1.82) is 0 Å². The summed E-state index contributed by atoms with van der Waals surface area (Å²) < 4.78 is 7.85. The molecule has 2 fully saturated rings. The Morgan fingerprint density at radius 2 is 1.82 bits per heavy atom. The molecule has 0 bridgehead atoms. The Morgan fingerprint density at radius 1 is 1.00 bits per heavy atom. The van der Waals surface area contributed by atoms with Gasteiger partial charge in [-0.3, -0.25) is 34.2 Å². The third-order valence-electron chi connectivity index (χ3n) is 8.62. The molecule has 0 radical (unpaired) electrons. The molecule has 12 heteroatoms. The fourth-order valence-corrected chi connectivity index (χ4v) is 6.20. The van der Waals surface area contributed by atoms with Gasteiger partial charge in [-0.2, -0.15) is 5.10 Å². The molecule has 1 unspecified atom stereocenters. The van der Waals surface area contributed by atoms with Crippen LogP contribution in [0.4, 0.5) is 0 Å². The molecule has 224 valence electrons. The number of nitrogens with zero attached hydrogens (tertiary/aromatic N) is 6. The van der Waals surface area contributed by atoms with Crippen LogP contribution >= 0.6 is 0 Å². The number of piperidine rings is 2. The number of fused-ring (bicyclic) bond motifs is 2. The van der Waals surface area contributed by atoms with Gasteiger partial charge in [-0.1, -0.05) is 12.1 Å². The Labute approximate surface area is 253 Å². The predicted octanol–water partition coefficient (Wildman–Crippen LogP) is 2.89. The Morgan fingerprint density at radius 3 is 2.64 bits per heavy atom. The third kappa shape index (κ3) is 5.38. The molecule has 0 spiro atoms. The van der Waals surface area contributed by atoms with Crippen molar-refractivity contribution in [2.45, 2.75) is 50.7 Å². The zero-order chi connectivity index (χ0) is 30.2. The van der Waals surface area contributed by atoms with E-state index in [1.165, 1.54) is 4.90 Å². The van der Waals surface area contributed by atoms with Crippen molar-refractivity contribution in [3.05, 3.63) is 72.2 Å². The van der Waals surface area contributed by atoms with Crippen LogP contribution in [0.15, 0.2) is 61.1 Å². The Balaban J connectivity index is 0.889. The summed E-state index contributed by atoms with van der Waals surface area (Å²) in [4.78, 5) is 62.2. The van der Waals surface area contributed by atoms with E-state index < -0.39 is 11.9 Å². The lowest BCUT2D eigenvalue weighted by Crippen LogP contribution is -2.52. The van der Waals surface area contributed by atoms with Crippen LogP contribution in [0.25, 0.3) is 22.3 Å². The largest absolute Gasteiger partial charge is 0.493 e. The second kappa shape index (κ2) is 11.5. The second-order valence-electron chi connectivity index (χ2n) is 11.4. The normalized spacial score (nSPS) is 18.9. The van der Waals surface area contributed by atoms with E-state index in [1.807, 2.05) is 46.2 Å². The topological polar surface area (TPSA) is 140 Å². The molecule has 2 aromatic carbocycles. The molecule has 7 rings (SSSR count). The highest BCUT2D eigenvalue weighted by molar-refractivity contribution is 6.05. The van der Waals surface area contributed by atoms with E-state index in [0.717, 1.165) is 40.7 Å². The third-order valence-corrected chi connectivity index (χ3v) is 8.62. The van der Waals surface area contributed by atoms with Crippen molar-refractivity contribution < 1.29 is 23.9 Å².